The van der Waals surface area contributed by atoms with E-state index in [4.69, 9.17) is 5.11 Å². The number of carboxylic acid groups (broad SMARTS) is 1. The van der Waals surface area contributed by atoms with Gasteiger partial charge in [-0.3, -0.25) is 4.79 Å². The lowest BCUT2D eigenvalue weighted by Crippen LogP contribution is -2.34. The lowest BCUT2D eigenvalue weighted by Gasteiger charge is -2.42. The molecule has 1 aliphatic carbocycles. The lowest BCUT2D eigenvalue weighted by atomic mass is 9.63. The van der Waals surface area contributed by atoms with Crippen LogP contribution in [0.4, 0.5) is 5.69 Å². The predicted octanol–water partition coefficient (Wildman–Crippen LogP) is 7.73. The lowest BCUT2D eigenvalue weighted by molar-refractivity contribution is -0.111. The fraction of sp³-hybridized carbons (Fsp3) is 0.467. The zero-order valence-electron chi connectivity index (χ0n) is 21.3. The van der Waals surface area contributed by atoms with E-state index in [0.717, 1.165) is 37.7 Å². The minimum absolute atomic E-state index is 0.0657. The van der Waals surface area contributed by atoms with Crippen LogP contribution >= 0.6 is 0 Å². The van der Waals surface area contributed by atoms with Crippen LogP contribution in [-0.4, -0.2) is 17.0 Å². The Kier molecular flexibility index (Phi) is 8.01. The second kappa shape index (κ2) is 10.6. The first-order valence-corrected chi connectivity index (χ1v) is 12.6. The van der Waals surface area contributed by atoms with Crippen molar-refractivity contribution >= 4 is 23.1 Å². The smallest absolute Gasteiger partial charge is 0.335 e. The Morgan fingerprint density at radius 1 is 0.882 bits per heavy atom. The molecule has 34 heavy (non-hydrogen) atoms. The van der Waals surface area contributed by atoms with Crippen molar-refractivity contribution in [2.24, 2.45) is 0 Å². The summed E-state index contributed by atoms with van der Waals surface area (Å²) in [6.45, 7) is 11.4. The fourth-order valence-electron chi connectivity index (χ4n) is 4.81. The van der Waals surface area contributed by atoms with E-state index in [9.17, 15) is 9.59 Å². The number of nitrogens with one attached hydrogen (secondary N) is 1. The molecule has 1 aliphatic rings. The number of hydrogen-bond donors (Lipinski definition) is 2. The molecule has 0 fully saturated rings. The number of fused-ring (bicyclic) bond motifs is 1. The van der Waals surface area contributed by atoms with Gasteiger partial charge in [-0.25, -0.2) is 4.79 Å². The van der Waals surface area contributed by atoms with Gasteiger partial charge in [0.2, 0.25) is 0 Å². The first-order valence-electron chi connectivity index (χ1n) is 12.6. The number of unbranched alkanes of at least 4 members (excludes halogenated alkanes) is 4. The molecule has 0 atom stereocenters. The van der Waals surface area contributed by atoms with E-state index in [1.54, 1.807) is 12.1 Å². The second-order valence-electron chi connectivity index (χ2n) is 10.8. The number of carbonyl (C=O) groups is 2. The Hall–Kier alpha value is -2.88. The molecule has 4 heteroatoms. The zero-order chi connectivity index (χ0) is 24.9. The second-order valence-corrected chi connectivity index (χ2v) is 10.8. The molecular formula is C30H39NO3. The third-order valence-corrected chi connectivity index (χ3v) is 7.20. The average Bonchev–Trinajstić information content (AvgIpc) is 2.79. The maximum Gasteiger partial charge on any atom is 0.335 e. The monoisotopic (exact) mass is 461 g/mol. The summed E-state index contributed by atoms with van der Waals surface area (Å²) in [7, 11) is 0. The molecule has 3 rings (SSSR count). The number of allylic oxidation sites excluding steroid dienone is 1. The molecular weight excluding hydrogens is 422 g/mol. The molecule has 0 saturated heterocycles. The van der Waals surface area contributed by atoms with Crippen LogP contribution in [0, 0.1) is 0 Å². The molecule has 4 nitrogen and oxygen atoms in total. The third-order valence-electron chi connectivity index (χ3n) is 7.20. The van der Waals surface area contributed by atoms with Gasteiger partial charge in [-0.15, -0.1) is 0 Å². The van der Waals surface area contributed by atoms with Crippen molar-refractivity contribution in [2.45, 2.75) is 90.4 Å². The number of amides is 1. The predicted molar refractivity (Wildman–Crippen MR) is 140 cm³/mol. The Balaban J connectivity index is 1.93. The van der Waals surface area contributed by atoms with Gasteiger partial charge in [-0.05, 0) is 77.5 Å². The quantitative estimate of drug-likeness (QED) is 0.297. The van der Waals surface area contributed by atoms with Gasteiger partial charge in [0.1, 0.15) is 0 Å². The van der Waals surface area contributed by atoms with Crippen LogP contribution in [0.5, 0.6) is 0 Å². The average molecular weight is 462 g/mol. The van der Waals surface area contributed by atoms with Gasteiger partial charge >= 0.3 is 5.97 Å². The molecule has 2 aromatic rings. The number of carbonyl (C=O) groups excluding carboxylic acids is 1. The number of anilines is 1. The minimum atomic E-state index is -0.981. The molecule has 0 heterocycles. The molecule has 0 unspecified atom stereocenters. The summed E-state index contributed by atoms with van der Waals surface area (Å²) in [5, 5.41) is 12.1. The maximum atomic E-state index is 13.4. The van der Waals surface area contributed by atoms with E-state index in [0.29, 0.717) is 11.3 Å². The molecule has 0 radical (unpaired) electrons. The normalized spacial score (nSPS) is 16.6. The van der Waals surface area contributed by atoms with E-state index < -0.39 is 5.97 Å². The summed E-state index contributed by atoms with van der Waals surface area (Å²) in [5.41, 5.74) is 5.31. The number of hydrogen-bond acceptors (Lipinski definition) is 2. The molecule has 0 saturated carbocycles. The van der Waals surface area contributed by atoms with Gasteiger partial charge in [0.05, 0.1) is 5.56 Å². The van der Waals surface area contributed by atoms with E-state index in [1.807, 2.05) is 0 Å². The van der Waals surface area contributed by atoms with Crippen molar-refractivity contribution in [1.82, 2.24) is 0 Å². The van der Waals surface area contributed by atoms with Crippen molar-refractivity contribution in [3.8, 4) is 0 Å². The highest BCUT2D eigenvalue weighted by Crippen LogP contribution is 2.46. The minimum Gasteiger partial charge on any atom is -0.478 e. The summed E-state index contributed by atoms with van der Waals surface area (Å²) in [6.07, 6.45) is 9.79. The molecule has 0 bridgehead atoms. The number of rotatable bonds is 9. The van der Waals surface area contributed by atoms with Crippen LogP contribution in [0.2, 0.25) is 0 Å². The van der Waals surface area contributed by atoms with Crippen molar-refractivity contribution in [3.05, 3.63) is 70.8 Å². The van der Waals surface area contributed by atoms with Crippen molar-refractivity contribution in [2.75, 3.05) is 5.32 Å². The highest BCUT2D eigenvalue weighted by molar-refractivity contribution is 6.25. The summed E-state index contributed by atoms with van der Waals surface area (Å²) in [4.78, 5) is 24.6. The molecule has 0 spiro atoms. The van der Waals surface area contributed by atoms with Crippen LogP contribution in [0.25, 0.3) is 5.57 Å². The standard InChI is InChI=1S/C30H39NO3/c1-6-7-8-9-10-11-24(27(32)31-23-15-12-21(13-16-23)28(33)34)22-14-17-25-26(20-22)30(4,5)19-18-29(25,2)3/h11-17,20H,6-10,18-19H2,1-5H3,(H,31,32)(H,33,34). The molecule has 0 aromatic heterocycles. The van der Waals surface area contributed by atoms with E-state index in [2.05, 4.69) is 64.2 Å². The molecule has 2 N–H and O–H groups in total. The van der Waals surface area contributed by atoms with Gasteiger partial charge in [0.25, 0.3) is 5.91 Å². The van der Waals surface area contributed by atoms with E-state index in [1.165, 1.54) is 36.1 Å². The third kappa shape index (κ3) is 5.97. The molecule has 182 valence electrons. The SMILES string of the molecule is CCCCCCC=C(C(=O)Nc1ccc(C(=O)O)cc1)c1ccc2c(c1)C(C)(C)CCC2(C)C. The summed E-state index contributed by atoms with van der Waals surface area (Å²) in [5.74, 6) is -1.14. The molecule has 1 amide bonds. The zero-order valence-corrected chi connectivity index (χ0v) is 21.3. The number of benzene rings is 2. The topological polar surface area (TPSA) is 66.4 Å². The molecule has 2 aromatic carbocycles. The number of aromatic carboxylic acids is 1. The van der Waals surface area contributed by atoms with Crippen LogP contribution in [0.15, 0.2) is 48.5 Å². The first kappa shape index (κ1) is 25.7. The van der Waals surface area contributed by atoms with Gasteiger partial charge in [0.15, 0.2) is 0 Å². The highest BCUT2D eigenvalue weighted by atomic mass is 16.4. The van der Waals surface area contributed by atoms with Crippen LogP contribution in [0.3, 0.4) is 0 Å². The van der Waals surface area contributed by atoms with Gasteiger partial charge in [-0.2, -0.15) is 0 Å². The van der Waals surface area contributed by atoms with Gasteiger partial charge in [-0.1, -0.05) is 78.2 Å². The summed E-state index contributed by atoms with van der Waals surface area (Å²) < 4.78 is 0. The Morgan fingerprint density at radius 2 is 1.50 bits per heavy atom. The van der Waals surface area contributed by atoms with Crippen LogP contribution < -0.4 is 5.32 Å². The summed E-state index contributed by atoms with van der Waals surface area (Å²) >= 11 is 0. The largest absolute Gasteiger partial charge is 0.478 e. The highest BCUT2D eigenvalue weighted by Gasteiger charge is 2.37. The van der Waals surface area contributed by atoms with Crippen molar-refractivity contribution in [3.63, 3.8) is 0 Å². The van der Waals surface area contributed by atoms with Gasteiger partial charge in [0, 0.05) is 11.3 Å². The van der Waals surface area contributed by atoms with Crippen LogP contribution in [-0.2, 0) is 15.6 Å². The van der Waals surface area contributed by atoms with E-state index in [-0.39, 0.29) is 22.3 Å². The fourth-order valence-corrected chi connectivity index (χ4v) is 4.81. The van der Waals surface area contributed by atoms with E-state index >= 15 is 0 Å². The Bertz CT molecular complexity index is 1060. The van der Waals surface area contributed by atoms with Gasteiger partial charge < -0.3 is 10.4 Å². The van der Waals surface area contributed by atoms with Crippen molar-refractivity contribution in [1.29, 1.82) is 0 Å². The van der Waals surface area contributed by atoms with Crippen LogP contribution in [0.1, 0.15) is 107 Å². The Morgan fingerprint density at radius 3 is 2.12 bits per heavy atom. The Labute approximate surface area is 204 Å². The maximum absolute atomic E-state index is 13.4. The van der Waals surface area contributed by atoms with Crippen molar-refractivity contribution < 1.29 is 14.7 Å². The molecule has 0 aliphatic heterocycles. The first-order chi connectivity index (χ1) is 16.0. The number of carboxylic acids is 1. The summed E-state index contributed by atoms with van der Waals surface area (Å²) in [6, 6.07) is 12.8.